The second-order valence-electron chi connectivity index (χ2n) is 6.46. The number of aliphatic imine (C=N–C) groups is 1. The van der Waals surface area contributed by atoms with E-state index in [1.165, 1.54) is 11.8 Å². The lowest BCUT2D eigenvalue weighted by atomic mass is 9.98. The Kier molecular flexibility index (Phi) is 10.3. The molecule has 0 spiro atoms. The van der Waals surface area contributed by atoms with Crippen LogP contribution >= 0.6 is 35.0 Å². The minimum absolute atomic E-state index is 0.248. The molecule has 1 atom stereocenters. The van der Waals surface area contributed by atoms with E-state index in [9.17, 15) is 4.79 Å². The highest BCUT2D eigenvalue weighted by Crippen LogP contribution is 2.29. The molecule has 0 aliphatic carbocycles. The molecule has 1 heterocycles. The SMILES string of the molecule is COc1ccc(C(N=C(N)SC)c2cccc(NC=O)c2)cc1.Cc1ncc(Cl)cc1Cl. The first-order chi connectivity index (χ1) is 15.4. The number of halogens is 2. The summed E-state index contributed by atoms with van der Waals surface area (Å²) in [7, 11) is 1.63. The van der Waals surface area contributed by atoms with Crippen molar-refractivity contribution in [1.82, 2.24) is 4.98 Å². The molecule has 0 fully saturated rings. The lowest BCUT2D eigenvalue weighted by molar-refractivity contribution is -0.105. The smallest absolute Gasteiger partial charge is 0.211 e. The molecule has 0 saturated carbocycles. The molecule has 6 nitrogen and oxygen atoms in total. The van der Waals surface area contributed by atoms with Crippen LogP contribution in [0.2, 0.25) is 10.0 Å². The first-order valence-electron chi connectivity index (χ1n) is 9.47. The highest BCUT2D eigenvalue weighted by molar-refractivity contribution is 8.13. The summed E-state index contributed by atoms with van der Waals surface area (Å²) >= 11 is 12.6. The molecule has 3 rings (SSSR count). The summed E-state index contributed by atoms with van der Waals surface area (Å²) in [6.07, 6.45) is 4.11. The van der Waals surface area contributed by atoms with Crippen molar-refractivity contribution in [3.63, 3.8) is 0 Å². The Morgan fingerprint density at radius 2 is 1.91 bits per heavy atom. The van der Waals surface area contributed by atoms with E-state index in [1.54, 1.807) is 19.4 Å². The average Bonchev–Trinajstić information content (AvgIpc) is 2.81. The van der Waals surface area contributed by atoms with E-state index in [4.69, 9.17) is 33.7 Å². The molecule has 1 unspecified atom stereocenters. The van der Waals surface area contributed by atoms with Crippen LogP contribution in [0, 0.1) is 6.92 Å². The van der Waals surface area contributed by atoms with Gasteiger partial charge in [0.2, 0.25) is 6.41 Å². The third-order valence-corrected chi connectivity index (χ3v) is 5.43. The van der Waals surface area contributed by atoms with Gasteiger partial charge in [0.1, 0.15) is 11.8 Å². The van der Waals surface area contributed by atoms with Crippen molar-refractivity contribution in [3.8, 4) is 5.75 Å². The maximum atomic E-state index is 10.6. The molecule has 168 valence electrons. The third-order valence-electron chi connectivity index (χ3n) is 4.32. The number of methoxy groups -OCH3 is 1. The van der Waals surface area contributed by atoms with Gasteiger partial charge in [0.05, 0.1) is 22.8 Å². The van der Waals surface area contributed by atoms with E-state index < -0.39 is 0 Å². The van der Waals surface area contributed by atoms with Gasteiger partial charge in [-0.2, -0.15) is 0 Å². The van der Waals surface area contributed by atoms with E-state index >= 15 is 0 Å². The second kappa shape index (κ2) is 13.0. The van der Waals surface area contributed by atoms with E-state index in [0.29, 0.717) is 27.3 Å². The van der Waals surface area contributed by atoms with Gasteiger partial charge >= 0.3 is 0 Å². The van der Waals surface area contributed by atoms with Crippen molar-refractivity contribution in [2.45, 2.75) is 13.0 Å². The molecule has 0 aliphatic rings. The van der Waals surface area contributed by atoms with Gasteiger partial charge in [-0.3, -0.25) is 9.78 Å². The topological polar surface area (TPSA) is 89.6 Å². The fourth-order valence-corrected chi connectivity index (χ4v) is 3.25. The quantitative estimate of drug-likeness (QED) is 0.261. The Bertz CT molecular complexity index is 1060. The largest absolute Gasteiger partial charge is 0.497 e. The summed E-state index contributed by atoms with van der Waals surface area (Å²) in [4.78, 5) is 19.2. The molecule has 0 radical (unpaired) electrons. The number of amidine groups is 1. The van der Waals surface area contributed by atoms with E-state index in [1.807, 2.05) is 61.7 Å². The van der Waals surface area contributed by atoms with Crippen molar-refractivity contribution in [3.05, 3.63) is 87.7 Å². The molecule has 3 N–H and O–H groups in total. The van der Waals surface area contributed by atoms with Crippen LogP contribution in [0.15, 0.2) is 65.8 Å². The van der Waals surface area contributed by atoms with Crippen LogP contribution < -0.4 is 15.8 Å². The molecule has 0 aliphatic heterocycles. The minimum atomic E-state index is -0.248. The van der Waals surface area contributed by atoms with Crippen LogP contribution in [0.3, 0.4) is 0 Å². The predicted molar refractivity (Wildman–Crippen MR) is 135 cm³/mol. The standard InChI is InChI=1S/C17H19N3O2S.C6H5Cl2N/c1-22-15-8-6-12(7-9-15)16(20-17(18)23-2)13-4-3-5-14(10-13)19-11-21;1-4-6(8)2-5(7)3-9-4/h3-11,16H,1-2H3,(H2,18,20)(H,19,21);2-3H,1H3. The number of nitrogens with two attached hydrogens (primary N) is 1. The Balaban J connectivity index is 0.000000336. The Labute approximate surface area is 202 Å². The lowest BCUT2D eigenvalue weighted by Crippen LogP contribution is -2.10. The van der Waals surface area contributed by atoms with Gasteiger partial charge in [-0.25, -0.2) is 4.99 Å². The van der Waals surface area contributed by atoms with Gasteiger partial charge in [0.15, 0.2) is 5.17 Å². The molecule has 0 bridgehead atoms. The number of benzene rings is 2. The summed E-state index contributed by atoms with van der Waals surface area (Å²) in [5.74, 6) is 0.783. The van der Waals surface area contributed by atoms with Gasteiger partial charge in [-0.1, -0.05) is 59.2 Å². The van der Waals surface area contributed by atoms with E-state index in [-0.39, 0.29) is 6.04 Å². The number of pyridine rings is 1. The second-order valence-corrected chi connectivity index (χ2v) is 8.13. The highest BCUT2D eigenvalue weighted by atomic mass is 35.5. The molecular formula is C23H24Cl2N4O2S. The molecule has 3 aromatic rings. The van der Waals surface area contributed by atoms with E-state index in [2.05, 4.69) is 15.3 Å². The van der Waals surface area contributed by atoms with Gasteiger partial charge in [-0.15, -0.1) is 0 Å². The zero-order chi connectivity index (χ0) is 23.5. The monoisotopic (exact) mass is 490 g/mol. The van der Waals surface area contributed by atoms with Crippen molar-refractivity contribution in [2.75, 3.05) is 18.7 Å². The molecule has 32 heavy (non-hydrogen) atoms. The van der Waals surface area contributed by atoms with Crippen molar-refractivity contribution < 1.29 is 9.53 Å². The van der Waals surface area contributed by atoms with E-state index in [0.717, 1.165) is 22.6 Å². The van der Waals surface area contributed by atoms with Crippen molar-refractivity contribution in [2.24, 2.45) is 10.7 Å². The maximum Gasteiger partial charge on any atom is 0.211 e. The molecule has 0 saturated heterocycles. The lowest BCUT2D eigenvalue weighted by Gasteiger charge is -2.16. The zero-order valence-electron chi connectivity index (χ0n) is 17.9. The number of hydrogen-bond donors (Lipinski definition) is 2. The fraction of sp³-hybridized carbons (Fsp3) is 0.174. The highest BCUT2D eigenvalue weighted by Gasteiger charge is 2.14. The Morgan fingerprint density at radius 1 is 1.19 bits per heavy atom. The number of carbonyl (C=O) groups is 1. The summed E-state index contributed by atoms with van der Waals surface area (Å²) in [5, 5.41) is 4.34. The molecular weight excluding hydrogens is 467 g/mol. The first-order valence-corrected chi connectivity index (χ1v) is 11.4. The summed E-state index contributed by atoms with van der Waals surface area (Å²) < 4.78 is 5.19. The van der Waals surface area contributed by atoms with Crippen LogP contribution in [0.1, 0.15) is 22.9 Å². The van der Waals surface area contributed by atoms with Crippen LogP contribution in [0.5, 0.6) is 5.75 Å². The number of aromatic nitrogens is 1. The van der Waals surface area contributed by atoms with Crippen LogP contribution in [0.25, 0.3) is 0 Å². The van der Waals surface area contributed by atoms with Crippen molar-refractivity contribution >= 4 is 52.2 Å². The average molecular weight is 491 g/mol. The fourth-order valence-electron chi connectivity index (χ4n) is 2.66. The molecule has 2 aromatic carbocycles. The number of nitrogens with zero attached hydrogens (tertiary/aromatic N) is 2. The number of hydrogen-bond acceptors (Lipinski definition) is 5. The van der Waals surface area contributed by atoms with Gasteiger partial charge in [0, 0.05) is 11.9 Å². The van der Waals surface area contributed by atoms with Crippen LogP contribution in [-0.2, 0) is 4.79 Å². The number of aryl methyl sites for hydroxylation is 1. The maximum absolute atomic E-state index is 10.6. The van der Waals surface area contributed by atoms with Gasteiger partial charge < -0.3 is 15.8 Å². The Morgan fingerprint density at radius 3 is 2.47 bits per heavy atom. The molecule has 1 amide bonds. The first kappa shape index (κ1) is 25.5. The number of ether oxygens (including phenoxy) is 1. The zero-order valence-corrected chi connectivity index (χ0v) is 20.2. The number of nitrogens with one attached hydrogen (secondary N) is 1. The summed E-state index contributed by atoms with van der Waals surface area (Å²) in [6.45, 7) is 1.83. The third kappa shape index (κ3) is 7.75. The summed E-state index contributed by atoms with van der Waals surface area (Å²) in [6, 6.07) is 16.7. The van der Waals surface area contributed by atoms with Crippen molar-refractivity contribution in [1.29, 1.82) is 0 Å². The predicted octanol–water partition coefficient (Wildman–Crippen LogP) is 5.73. The molecule has 1 aromatic heterocycles. The van der Waals surface area contributed by atoms with Crippen LogP contribution in [0.4, 0.5) is 5.69 Å². The normalized spacial score (nSPS) is 11.7. The Hall–Kier alpha value is -2.74. The minimum Gasteiger partial charge on any atom is -0.497 e. The number of carbonyl (C=O) groups excluding carboxylic acids is 1. The number of amides is 1. The summed E-state index contributed by atoms with van der Waals surface area (Å²) in [5.41, 5.74) is 9.38. The number of thioether (sulfide) groups is 1. The number of rotatable bonds is 6. The molecule has 9 heteroatoms. The van der Waals surface area contributed by atoms with Gasteiger partial charge in [-0.05, 0) is 54.6 Å². The number of anilines is 1. The van der Waals surface area contributed by atoms with Crippen LogP contribution in [-0.4, -0.2) is 29.9 Å². The van der Waals surface area contributed by atoms with Gasteiger partial charge in [0.25, 0.3) is 0 Å².